The van der Waals surface area contributed by atoms with Crippen LogP contribution in [-0.4, -0.2) is 16.4 Å². The Bertz CT molecular complexity index is 539. The van der Waals surface area contributed by atoms with Crippen LogP contribution in [-0.2, 0) is 0 Å². The van der Waals surface area contributed by atoms with Gasteiger partial charge in [0.2, 0.25) is 0 Å². The molecule has 1 saturated carbocycles. The molecule has 3 N–H and O–H groups in total. The van der Waals surface area contributed by atoms with Crippen molar-refractivity contribution in [3.63, 3.8) is 0 Å². The number of carbonyl (C=O) groups is 1. The number of rotatable bonds is 3. The maximum atomic E-state index is 13.5. The molecule has 0 radical (unpaired) electrons. The van der Waals surface area contributed by atoms with Gasteiger partial charge in [0, 0.05) is 5.56 Å². The lowest BCUT2D eigenvalue weighted by Gasteiger charge is -2.37. The number of nitrogens with one attached hydrogen (secondary N) is 1. The Morgan fingerprint density at radius 1 is 1.35 bits per heavy atom. The van der Waals surface area contributed by atoms with Crippen LogP contribution in [0.3, 0.4) is 0 Å². The first kappa shape index (κ1) is 14.9. The molecular weight excluding hydrogens is 275 g/mol. The third-order valence-electron chi connectivity index (χ3n) is 3.97. The fraction of sp³-hybridized carbons (Fsp3) is 0.467. The van der Waals surface area contributed by atoms with Gasteiger partial charge in [0.25, 0.3) is 5.91 Å². The molecule has 2 rings (SSSR count). The van der Waals surface area contributed by atoms with Gasteiger partial charge in [0.05, 0.1) is 10.5 Å². The molecule has 1 amide bonds. The first-order valence-corrected chi connectivity index (χ1v) is 7.24. The second kappa shape index (κ2) is 5.87. The maximum Gasteiger partial charge on any atom is 0.252 e. The summed E-state index contributed by atoms with van der Waals surface area (Å²) in [6.07, 6.45) is 4.60. The number of aryl methyl sites for hydroxylation is 1. The van der Waals surface area contributed by atoms with Crippen molar-refractivity contribution in [3.05, 3.63) is 35.1 Å². The summed E-state index contributed by atoms with van der Waals surface area (Å²) in [5.74, 6) is -0.704. The van der Waals surface area contributed by atoms with E-state index in [1.807, 2.05) is 0 Å². The van der Waals surface area contributed by atoms with E-state index < -0.39 is 5.54 Å². The van der Waals surface area contributed by atoms with Gasteiger partial charge >= 0.3 is 0 Å². The molecule has 0 saturated heterocycles. The third kappa shape index (κ3) is 2.98. The smallest absolute Gasteiger partial charge is 0.252 e. The summed E-state index contributed by atoms with van der Waals surface area (Å²) in [5.41, 5.74) is 6.02. The minimum Gasteiger partial charge on any atom is -0.391 e. The minimum atomic E-state index is -0.619. The van der Waals surface area contributed by atoms with E-state index in [2.05, 4.69) is 5.32 Å². The molecule has 1 fully saturated rings. The summed E-state index contributed by atoms with van der Waals surface area (Å²) in [4.78, 5) is 12.6. The molecule has 5 heteroatoms. The Kier molecular flexibility index (Phi) is 4.38. The Labute approximate surface area is 123 Å². The number of carbonyl (C=O) groups excluding carboxylic acids is 1. The van der Waals surface area contributed by atoms with Gasteiger partial charge in [0.1, 0.15) is 5.82 Å². The highest BCUT2D eigenvalue weighted by Crippen LogP contribution is 2.29. The van der Waals surface area contributed by atoms with Gasteiger partial charge in [0.15, 0.2) is 0 Å². The average molecular weight is 294 g/mol. The van der Waals surface area contributed by atoms with Crippen LogP contribution in [0.15, 0.2) is 18.2 Å². The van der Waals surface area contributed by atoms with Crippen molar-refractivity contribution >= 4 is 23.1 Å². The number of halogens is 1. The van der Waals surface area contributed by atoms with Crippen LogP contribution in [0.2, 0.25) is 0 Å². The highest BCUT2D eigenvalue weighted by molar-refractivity contribution is 7.80. The van der Waals surface area contributed by atoms with Gasteiger partial charge in [-0.1, -0.05) is 37.5 Å². The van der Waals surface area contributed by atoms with Crippen molar-refractivity contribution in [3.8, 4) is 0 Å². The van der Waals surface area contributed by atoms with E-state index in [1.54, 1.807) is 19.1 Å². The fourth-order valence-electron chi connectivity index (χ4n) is 2.61. The number of hydrogen-bond acceptors (Lipinski definition) is 2. The molecular formula is C15H19FN2OS. The molecule has 1 aromatic carbocycles. The Morgan fingerprint density at radius 2 is 2.00 bits per heavy atom. The SMILES string of the molecule is Cc1ccc(C(=O)NC2(C(N)=S)CCCCC2)cc1F. The molecule has 0 spiro atoms. The third-order valence-corrected chi connectivity index (χ3v) is 4.36. The Hall–Kier alpha value is -1.49. The van der Waals surface area contributed by atoms with Gasteiger partial charge in [-0.15, -0.1) is 0 Å². The topological polar surface area (TPSA) is 55.1 Å². The first-order valence-electron chi connectivity index (χ1n) is 6.83. The first-order chi connectivity index (χ1) is 9.44. The quantitative estimate of drug-likeness (QED) is 0.843. The molecule has 0 aromatic heterocycles. The van der Waals surface area contributed by atoms with Crippen LogP contribution in [0.25, 0.3) is 0 Å². The van der Waals surface area contributed by atoms with Crippen LogP contribution in [0.5, 0.6) is 0 Å². The van der Waals surface area contributed by atoms with Gasteiger partial charge in [-0.05, 0) is 37.5 Å². The minimum absolute atomic E-state index is 0.300. The molecule has 0 heterocycles. The fourth-order valence-corrected chi connectivity index (χ4v) is 2.87. The van der Waals surface area contributed by atoms with Crippen LogP contribution in [0.1, 0.15) is 48.0 Å². The molecule has 1 aliphatic carbocycles. The maximum absolute atomic E-state index is 13.5. The van der Waals surface area contributed by atoms with Crippen LogP contribution < -0.4 is 11.1 Å². The number of nitrogens with two attached hydrogens (primary N) is 1. The van der Waals surface area contributed by atoms with E-state index in [9.17, 15) is 9.18 Å². The molecule has 0 aliphatic heterocycles. The molecule has 0 bridgehead atoms. The summed E-state index contributed by atoms with van der Waals surface area (Å²) < 4.78 is 13.5. The lowest BCUT2D eigenvalue weighted by Crippen LogP contribution is -2.57. The average Bonchev–Trinajstić information content (AvgIpc) is 2.42. The van der Waals surface area contributed by atoms with Crippen molar-refractivity contribution in [2.45, 2.75) is 44.6 Å². The second-order valence-electron chi connectivity index (χ2n) is 5.43. The number of benzene rings is 1. The van der Waals surface area contributed by atoms with Crippen molar-refractivity contribution in [1.82, 2.24) is 5.32 Å². The van der Waals surface area contributed by atoms with E-state index >= 15 is 0 Å². The van der Waals surface area contributed by atoms with Gasteiger partial charge in [-0.25, -0.2) is 4.39 Å². The number of amides is 1. The zero-order valence-corrected chi connectivity index (χ0v) is 12.4. The normalized spacial score (nSPS) is 17.5. The van der Waals surface area contributed by atoms with Gasteiger partial charge < -0.3 is 11.1 Å². The largest absolute Gasteiger partial charge is 0.391 e. The standard InChI is InChI=1S/C15H19FN2OS/c1-10-5-6-11(9-12(10)16)13(19)18-15(14(17)20)7-3-2-4-8-15/h5-6,9H,2-4,7-8H2,1H3,(H2,17,20)(H,18,19). The lowest BCUT2D eigenvalue weighted by atomic mass is 9.81. The zero-order chi connectivity index (χ0) is 14.8. The van der Waals surface area contributed by atoms with Crippen LogP contribution in [0, 0.1) is 12.7 Å². The number of thiocarbonyl (C=S) groups is 1. The molecule has 1 aromatic rings. The van der Waals surface area contributed by atoms with E-state index in [0.29, 0.717) is 16.1 Å². The molecule has 0 atom stereocenters. The zero-order valence-electron chi connectivity index (χ0n) is 11.5. The number of hydrogen-bond donors (Lipinski definition) is 2. The van der Waals surface area contributed by atoms with Crippen molar-refractivity contribution in [2.24, 2.45) is 5.73 Å². The van der Waals surface area contributed by atoms with Crippen LogP contribution in [0.4, 0.5) is 4.39 Å². The summed E-state index contributed by atoms with van der Waals surface area (Å²) >= 11 is 5.13. The molecule has 108 valence electrons. The highest BCUT2D eigenvalue weighted by atomic mass is 32.1. The van der Waals surface area contributed by atoms with E-state index in [-0.39, 0.29) is 11.7 Å². The summed E-state index contributed by atoms with van der Waals surface area (Å²) in [7, 11) is 0. The van der Waals surface area contributed by atoms with E-state index in [4.69, 9.17) is 18.0 Å². The summed E-state index contributed by atoms with van der Waals surface area (Å²) in [5, 5.41) is 2.92. The summed E-state index contributed by atoms with van der Waals surface area (Å²) in [6.45, 7) is 1.66. The molecule has 20 heavy (non-hydrogen) atoms. The highest BCUT2D eigenvalue weighted by Gasteiger charge is 2.36. The lowest BCUT2D eigenvalue weighted by molar-refractivity contribution is 0.0908. The van der Waals surface area contributed by atoms with Crippen LogP contribution >= 0.6 is 12.2 Å². The predicted molar refractivity (Wildman–Crippen MR) is 81.2 cm³/mol. The van der Waals surface area contributed by atoms with Gasteiger partial charge in [-0.3, -0.25) is 4.79 Å². The van der Waals surface area contributed by atoms with Crippen molar-refractivity contribution in [2.75, 3.05) is 0 Å². The van der Waals surface area contributed by atoms with E-state index in [1.165, 1.54) is 6.07 Å². The predicted octanol–water partition coefficient (Wildman–Crippen LogP) is 2.85. The molecule has 0 unspecified atom stereocenters. The molecule has 3 nitrogen and oxygen atoms in total. The van der Waals surface area contributed by atoms with Crippen molar-refractivity contribution in [1.29, 1.82) is 0 Å². The summed E-state index contributed by atoms with van der Waals surface area (Å²) in [6, 6.07) is 4.46. The van der Waals surface area contributed by atoms with E-state index in [0.717, 1.165) is 32.1 Å². The second-order valence-corrected chi connectivity index (χ2v) is 5.86. The van der Waals surface area contributed by atoms with Gasteiger partial charge in [-0.2, -0.15) is 0 Å². The van der Waals surface area contributed by atoms with Crippen molar-refractivity contribution < 1.29 is 9.18 Å². The Morgan fingerprint density at radius 3 is 2.55 bits per heavy atom. The Balaban J connectivity index is 2.20. The molecule has 1 aliphatic rings. The monoisotopic (exact) mass is 294 g/mol.